The van der Waals surface area contributed by atoms with Gasteiger partial charge in [0.25, 0.3) is 0 Å². The van der Waals surface area contributed by atoms with E-state index in [1.54, 1.807) is 7.11 Å². The number of ether oxygens (including phenoxy) is 2. The van der Waals surface area contributed by atoms with E-state index in [-0.39, 0.29) is 6.10 Å². The van der Waals surface area contributed by atoms with Crippen molar-refractivity contribution in [3.8, 4) is 5.75 Å². The topological polar surface area (TPSA) is 47.7 Å². The minimum Gasteiger partial charge on any atom is -0.488 e. The van der Waals surface area contributed by atoms with Crippen LogP contribution in [0.25, 0.3) is 0 Å². The van der Waals surface area contributed by atoms with Crippen LogP contribution in [0.1, 0.15) is 25.7 Å². The zero-order chi connectivity index (χ0) is 13.8. The van der Waals surface area contributed by atoms with Gasteiger partial charge in [-0.05, 0) is 31.4 Å². The summed E-state index contributed by atoms with van der Waals surface area (Å²) in [6, 6.07) is 5.91. The molecule has 1 aliphatic carbocycles. The molecule has 19 heavy (non-hydrogen) atoms. The molecule has 1 aromatic carbocycles. The lowest BCUT2D eigenvalue weighted by Gasteiger charge is -2.29. The van der Waals surface area contributed by atoms with Gasteiger partial charge >= 0.3 is 0 Å². The molecular formula is C15H24N2O2. The van der Waals surface area contributed by atoms with Gasteiger partial charge in [0.1, 0.15) is 11.9 Å². The number of hydrogen-bond donors (Lipinski definition) is 1. The van der Waals surface area contributed by atoms with Gasteiger partial charge in [-0.15, -0.1) is 0 Å². The second-order valence-corrected chi connectivity index (χ2v) is 5.38. The summed E-state index contributed by atoms with van der Waals surface area (Å²) in [7, 11) is 5.79. The Kier molecular flexibility index (Phi) is 4.53. The first kappa shape index (κ1) is 14.0. The molecule has 0 amide bonds. The Balaban J connectivity index is 2.07. The molecule has 0 aromatic heterocycles. The van der Waals surface area contributed by atoms with E-state index in [0.717, 1.165) is 37.1 Å². The van der Waals surface area contributed by atoms with Gasteiger partial charge in [0.15, 0.2) is 0 Å². The van der Waals surface area contributed by atoms with Crippen LogP contribution in [0.4, 0.5) is 11.4 Å². The van der Waals surface area contributed by atoms with Crippen LogP contribution in [-0.4, -0.2) is 33.4 Å². The number of nitrogen functional groups attached to an aromatic ring is 1. The lowest BCUT2D eigenvalue weighted by Crippen LogP contribution is -2.29. The summed E-state index contributed by atoms with van der Waals surface area (Å²) in [5.74, 6) is 0.785. The summed E-state index contributed by atoms with van der Waals surface area (Å²) in [4.78, 5) is 2.05. The van der Waals surface area contributed by atoms with Crippen LogP contribution in [0.5, 0.6) is 5.75 Å². The molecule has 2 atom stereocenters. The summed E-state index contributed by atoms with van der Waals surface area (Å²) in [6.45, 7) is 0. The van der Waals surface area contributed by atoms with E-state index in [0.29, 0.717) is 11.8 Å². The zero-order valence-electron chi connectivity index (χ0n) is 12.1. The fourth-order valence-corrected chi connectivity index (χ4v) is 2.51. The Labute approximate surface area is 115 Å². The third kappa shape index (κ3) is 3.53. The SMILES string of the molecule is COC1CCCC(Oc2cc(N(C)C)ccc2N)C1. The average Bonchev–Trinajstić information content (AvgIpc) is 2.41. The highest BCUT2D eigenvalue weighted by Gasteiger charge is 2.23. The van der Waals surface area contributed by atoms with Gasteiger partial charge in [-0.3, -0.25) is 0 Å². The minimum absolute atomic E-state index is 0.207. The van der Waals surface area contributed by atoms with E-state index in [9.17, 15) is 0 Å². The number of benzene rings is 1. The van der Waals surface area contributed by atoms with Gasteiger partial charge in [-0.25, -0.2) is 0 Å². The van der Waals surface area contributed by atoms with Gasteiger partial charge < -0.3 is 20.1 Å². The third-order valence-corrected chi connectivity index (χ3v) is 3.72. The van der Waals surface area contributed by atoms with Gasteiger partial charge in [0, 0.05) is 39.4 Å². The van der Waals surface area contributed by atoms with E-state index in [2.05, 4.69) is 0 Å². The van der Waals surface area contributed by atoms with Crippen molar-refractivity contribution in [2.75, 3.05) is 31.8 Å². The maximum Gasteiger partial charge on any atom is 0.144 e. The van der Waals surface area contributed by atoms with Crippen molar-refractivity contribution in [3.63, 3.8) is 0 Å². The monoisotopic (exact) mass is 264 g/mol. The zero-order valence-corrected chi connectivity index (χ0v) is 12.1. The van der Waals surface area contributed by atoms with E-state index < -0.39 is 0 Å². The molecular weight excluding hydrogens is 240 g/mol. The molecule has 2 unspecified atom stereocenters. The Bertz CT molecular complexity index is 421. The summed E-state index contributed by atoms with van der Waals surface area (Å²) in [5, 5.41) is 0. The van der Waals surface area contributed by atoms with Crippen molar-refractivity contribution in [1.82, 2.24) is 0 Å². The Morgan fingerprint density at radius 1 is 1.21 bits per heavy atom. The van der Waals surface area contributed by atoms with Crippen LogP contribution in [0.3, 0.4) is 0 Å². The van der Waals surface area contributed by atoms with Crippen LogP contribution >= 0.6 is 0 Å². The minimum atomic E-state index is 0.207. The fourth-order valence-electron chi connectivity index (χ4n) is 2.51. The second kappa shape index (κ2) is 6.15. The van der Waals surface area contributed by atoms with Crippen molar-refractivity contribution in [1.29, 1.82) is 0 Å². The van der Waals surface area contributed by atoms with Gasteiger partial charge in [-0.2, -0.15) is 0 Å². The fraction of sp³-hybridized carbons (Fsp3) is 0.600. The molecule has 0 spiro atoms. The van der Waals surface area contributed by atoms with Crippen molar-refractivity contribution in [3.05, 3.63) is 18.2 Å². The van der Waals surface area contributed by atoms with E-state index in [1.807, 2.05) is 37.2 Å². The van der Waals surface area contributed by atoms with Crippen LogP contribution in [0.15, 0.2) is 18.2 Å². The predicted molar refractivity (Wildman–Crippen MR) is 78.9 cm³/mol. The Morgan fingerprint density at radius 3 is 2.63 bits per heavy atom. The van der Waals surface area contributed by atoms with Crippen molar-refractivity contribution in [2.24, 2.45) is 0 Å². The number of methoxy groups -OCH3 is 1. The first-order valence-electron chi connectivity index (χ1n) is 6.86. The predicted octanol–water partition coefficient (Wildman–Crippen LogP) is 2.67. The highest BCUT2D eigenvalue weighted by molar-refractivity contribution is 5.61. The number of nitrogens with two attached hydrogens (primary N) is 1. The summed E-state index contributed by atoms with van der Waals surface area (Å²) < 4.78 is 11.5. The van der Waals surface area contributed by atoms with Crippen molar-refractivity contribution in [2.45, 2.75) is 37.9 Å². The third-order valence-electron chi connectivity index (χ3n) is 3.72. The van der Waals surface area contributed by atoms with Crippen LogP contribution in [0, 0.1) is 0 Å². The Hall–Kier alpha value is -1.42. The Morgan fingerprint density at radius 2 is 1.95 bits per heavy atom. The molecule has 106 valence electrons. The van der Waals surface area contributed by atoms with Crippen LogP contribution in [0.2, 0.25) is 0 Å². The smallest absolute Gasteiger partial charge is 0.144 e. The van der Waals surface area contributed by atoms with Gasteiger partial charge in [0.2, 0.25) is 0 Å². The maximum atomic E-state index is 6.08. The van der Waals surface area contributed by atoms with Gasteiger partial charge in [-0.1, -0.05) is 0 Å². The highest BCUT2D eigenvalue weighted by Crippen LogP contribution is 2.31. The quantitative estimate of drug-likeness (QED) is 0.849. The van der Waals surface area contributed by atoms with E-state index in [1.165, 1.54) is 0 Å². The lowest BCUT2D eigenvalue weighted by atomic mass is 9.95. The summed E-state index contributed by atoms with van der Waals surface area (Å²) in [6.07, 6.45) is 4.82. The maximum absolute atomic E-state index is 6.08. The van der Waals surface area contributed by atoms with Crippen LogP contribution < -0.4 is 15.4 Å². The first-order valence-corrected chi connectivity index (χ1v) is 6.86. The molecule has 4 nitrogen and oxygen atoms in total. The van der Waals surface area contributed by atoms with E-state index >= 15 is 0 Å². The summed E-state index contributed by atoms with van der Waals surface area (Å²) in [5.41, 5.74) is 7.80. The number of anilines is 2. The number of nitrogens with zero attached hydrogens (tertiary/aromatic N) is 1. The summed E-state index contributed by atoms with van der Waals surface area (Å²) >= 11 is 0. The van der Waals surface area contributed by atoms with Crippen molar-refractivity contribution < 1.29 is 9.47 Å². The number of hydrogen-bond acceptors (Lipinski definition) is 4. The molecule has 0 aliphatic heterocycles. The molecule has 1 aliphatic rings. The molecule has 0 saturated heterocycles. The van der Waals surface area contributed by atoms with Crippen LogP contribution in [-0.2, 0) is 4.74 Å². The van der Waals surface area contributed by atoms with Crippen molar-refractivity contribution >= 4 is 11.4 Å². The second-order valence-electron chi connectivity index (χ2n) is 5.38. The molecule has 0 bridgehead atoms. The number of rotatable bonds is 4. The molecule has 1 fully saturated rings. The molecule has 2 N–H and O–H groups in total. The first-order chi connectivity index (χ1) is 9.10. The molecule has 1 saturated carbocycles. The molecule has 2 rings (SSSR count). The average molecular weight is 264 g/mol. The normalized spacial score (nSPS) is 23.1. The highest BCUT2D eigenvalue weighted by atomic mass is 16.5. The standard InChI is InChI=1S/C15H24N2O2/c1-17(2)11-7-8-14(16)15(9-11)19-13-6-4-5-12(10-13)18-3/h7-9,12-13H,4-6,10,16H2,1-3H3. The van der Waals surface area contributed by atoms with Gasteiger partial charge in [0.05, 0.1) is 11.8 Å². The molecule has 0 radical (unpaired) electrons. The largest absolute Gasteiger partial charge is 0.488 e. The molecule has 0 heterocycles. The van der Waals surface area contributed by atoms with E-state index in [4.69, 9.17) is 15.2 Å². The lowest BCUT2D eigenvalue weighted by molar-refractivity contribution is 0.0212. The molecule has 4 heteroatoms. The molecule has 1 aromatic rings.